The van der Waals surface area contributed by atoms with Crippen LogP contribution < -0.4 is 11.1 Å². The first-order valence-corrected chi connectivity index (χ1v) is 8.86. The molecule has 0 fully saturated rings. The number of nitrogens with one attached hydrogen (secondary N) is 1. The topological polar surface area (TPSA) is 78.5 Å². The van der Waals surface area contributed by atoms with Crippen LogP contribution in [0.25, 0.3) is 0 Å². The molecule has 2 atom stereocenters. The van der Waals surface area contributed by atoms with Gasteiger partial charge in [0.25, 0.3) is 0 Å². The Labute approximate surface area is 151 Å². The fraction of sp³-hybridized carbons (Fsp3) is 0.429. The molecule has 5 N–H and O–H groups in total. The summed E-state index contributed by atoms with van der Waals surface area (Å²) in [4.78, 5) is 0. The fourth-order valence-electron chi connectivity index (χ4n) is 2.53. The first kappa shape index (κ1) is 21.3. The highest BCUT2D eigenvalue weighted by molar-refractivity contribution is 5.16. The highest BCUT2D eigenvalue weighted by Gasteiger charge is 2.08. The summed E-state index contributed by atoms with van der Waals surface area (Å²) in [5.41, 5.74) is 7.99. The van der Waals surface area contributed by atoms with Gasteiger partial charge in [-0.15, -0.1) is 0 Å². The molecule has 138 valence electrons. The minimum absolute atomic E-state index is 0.0505. The summed E-state index contributed by atoms with van der Waals surface area (Å²) in [5, 5.41) is 21.2. The maximum Gasteiger partial charge on any atom is 0.0587 e. The highest BCUT2D eigenvalue weighted by atomic mass is 16.3. The first-order valence-electron chi connectivity index (χ1n) is 8.86. The summed E-state index contributed by atoms with van der Waals surface area (Å²) >= 11 is 0. The van der Waals surface area contributed by atoms with E-state index in [9.17, 15) is 5.11 Å². The molecule has 0 aliphatic rings. The van der Waals surface area contributed by atoms with Gasteiger partial charge in [-0.05, 0) is 24.0 Å². The van der Waals surface area contributed by atoms with Crippen molar-refractivity contribution in [2.45, 2.75) is 44.8 Å². The van der Waals surface area contributed by atoms with Crippen LogP contribution in [0.1, 0.15) is 25.0 Å². The van der Waals surface area contributed by atoms with E-state index in [1.807, 2.05) is 48.5 Å². The Kier molecular flexibility index (Phi) is 10.8. The second kappa shape index (κ2) is 12.6. The van der Waals surface area contributed by atoms with Gasteiger partial charge in [0.05, 0.1) is 13.2 Å². The average molecular weight is 344 g/mol. The molecule has 0 saturated heterocycles. The number of hydrogen-bond acceptors (Lipinski definition) is 4. The summed E-state index contributed by atoms with van der Waals surface area (Å²) in [6.45, 7) is 4.42. The van der Waals surface area contributed by atoms with Gasteiger partial charge in [0.2, 0.25) is 0 Å². The van der Waals surface area contributed by atoms with Gasteiger partial charge in [-0.3, -0.25) is 0 Å². The molecular weight excluding hydrogens is 312 g/mol. The minimum atomic E-state index is -0.127. The van der Waals surface area contributed by atoms with Crippen LogP contribution in [-0.4, -0.2) is 41.6 Å². The highest BCUT2D eigenvalue weighted by Crippen LogP contribution is 2.03. The molecular formula is C21H32N2O2. The molecule has 2 aromatic rings. The van der Waals surface area contributed by atoms with E-state index in [1.54, 1.807) is 0 Å². The maximum atomic E-state index is 9.17. The molecule has 2 aromatic carbocycles. The summed E-state index contributed by atoms with van der Waals surface area (Å²) in [5.74, 6) is 0. The van der Waals surface area contributed by atoms with Gasteiger partial charge >= 0.3 is 0 Å². The van der Waals surface area contributed by atoms with Crippen molar-refractivity contribution in [3.8, 4) is 0 Å². The van der Waals surface area contributed by atoms with Crippen molar-refractivity contribution in [3.63, 3.8) is 0 Å². The third-order valence-corrected chi connectivity index (χ3v) is 3.69. The van der Waals surface area contributed by atoms with Crippen molar-refractivity contribution in [1.82, 2.24) is 5.32 Å². The Morgan fingerprint density at radius 3 is 1.68 bits per heavy atom. The summed E-state index contributed by atoms with van der Waals surface area (Å²) in [7, 11) is 0. The second-order valence-electron chi connectivity index (χ2n) is 6.52. The smallest absolute Gasteiger partial charge is 0.0587 e. The summed E-state index contributed by atoms with van der Waals surface area (Å²) in [6, 6.07) is 20.6. The molecule has 0 aromatic heterocycles. The van der Waals surface area contributed by atoms with Crippen LogP contribution in [0.5, 0.6) is 0 Å². The number of nitrogens with two attached hydrogens (primary N) is 1. The zero-order valence-corrected chi connectivity index (χ0v) is 15.3. The van der Waals surface area contributed by atoms with Crippen molar-refractivity contribution in [2.75, 3.05) is 13.2 Å². The lowest BCUT2D eigenvalue weighted by Gasteiger charge is -2.18. The van der Waals surface area contributed by atoms with Gasteiger partial charge < -0.3 is 21.3 Å². The van der Waals surface area contributed by atoms with Crippen molar-refractivity contribution in [1.29, 1.82) is 0 Å². The van der Waals surface area contributed by atoms with Crippen LogP contribution in [0.15, 0.2) is 60.7 Å². The van der Waals surface area contributed by atoms with E-state index in [4.69, 9.17) is 10.8 Å². The molecule has 0 heterocycles. The van der Waals surface area contributed by atoms with E-state index >= 15 is 0 Å². The van der Waals surface area contributed by atoms with Crippen LogP contribution in [0.4, 0.5) is 0 Å². The van der Waals surface area contributed by atoms with E-state index in [2.05, 4.69) is 31.3 Å². The molecule has 0 amide bonds. The Hall–Kier alpha value is -1.72. The van der Waals surface area contributed by atoms with Crippen LogP contribution in [-0.2, 0) is 12.8 Å². The zero-order chi connectivity index (χ0) is 18.5. The van der Waals surface area contributed by atoms with E-state index < -0.39 is 0 Å². The Bertz CT molecular complexity index is 546. The number of benzene rings is 2. The lowest BCUT2D eigenvalue weighted by molar-refractivity contribution is 0.234. The molecule has 0 radical (unpaired) electrons. The van der Waals surface area contributed by atoms with Crippen LogP contribution >= 0.6 is 0 Å². The van der Waals surface area contributed by atoms with E-state index in [0.717, 1.165) is 12.8 Å². The van der Waals surface area contributed by atoms with Crippen LogP contribution in [0, 0.1) is 0 Å². The molecule has 0 bridgehead atoms. The Balaban J connectivity index is 0.000000257. The van der Waals surface area contributed by atoms with E-state index in [-0.39, 0.29) is 25.3 Å². The molecule has 0 spiro atoms. The Morgan fingerprint density at radius 1 is 0.800 bits per heavy atom. The Morgan fingerprint density at radius 2 is 1.28 bits per heavy atom. The molecule has 0 saturated carbocycles. The van der Waals surface area contributed by atoms with Crippen LogP contribution in [0.2, 0.25) is 0 Å². The maximum absolute atomic E-state index is 9.17. The van der Waals surface area contributed by atoms with Crippen molar-refractivity contribution < 1.29 is 10.2 Å². The van der Waals surface area contributed by atoms with Gasteiger partial charge in [0.1, 0.15) is 0 Å². The van der Waals surface area contributed by atoms with Gasteiger partial charge in [-0.1, -0.05) is 74.5 Å². The lowest BCUT2D eigenvalue weighted by Crippen LogP contribution is -2.39. The standard InChI is InChI=1S/C12H19NO.C9H13NO/c1-10(2)13-12(9-14)8-11-6-4-3-5-7-11;10-9(7-11)6-8-4-2-1-3-5-8/h3-7,10,12-14H,8-9H2,1-2H3;1-5,9,11H,6-7,10H2/t12-;9-/m00/s1. The predicted octanol–water partition coefficient (Wildman–Crippen LogP) is 2.14. The van der Waals surface area contributed by atoms with Crippen molar-refractivity contribution >= 4 is 0 Å². The zero-order valence-electron chi connectivity index (χ0n) is 15.3. The second-order valence-corrected chi connectivity index (χ2v) is 6.52. The molecule has 4 heteroatoms. The third-order valence-electron chi connectivity index (χ3n) is 3.69. The van der Waals surface area contributed by atoms with Gasteiger partial charge in [-0.25, -0.2) is 0 Å². The quantitative estimate of drug-likeness (QED) is 0.592. The van der Waals surface area contributed by atoms with E-state index in [0.29, 0.717) is 6.04 Å². The van der Waals surface area contributed by atoms with Crippen molar-refractivity contribution in [2.24, 2.45) is 5.73 Å². The lowest BCUT2D eigenvalue weighted by atomic mass is 10.1. The number of rotatable bonds is 8. The normalized spacial score (nSPS) is 13.0. The largest absolute Gasteiger partial charge is 0.395 e. The first-order chi connectivity index (χ1) is 12.0. The summed E-state index contributed by atoms with van der Waals surface area (Å²) < 4.78 is 0. The molecule has 25 heavy (non-hydrogen) atoms. The van der Waals surface area contributed by atoms with E-state index in [1.165, 1.54) is 11.1 Å². The number of aliphatic hydroxyl groups is 2. The van der Waals surface area contributed by atoms with Crippen LogP contribution in [0.3, 0.4) is 0 Å². The predicted molar refractivity (Wildman–Crippen MR) is 104 cm³/mol. The molecule has 0 aliphatic heterocycles. The fourth-order valence-corrected chi connectivity index (χ4v) is 2.53. The molecule has 0 unspecified atom stereocenters. The monoisotopic (exact) mass is 344 g/mol. The molecule has 4 nitrogen and oxygen atoms in total. The molecule has 0 aliphatic carbocycles. The minimum Gasteiger partial charge on any atom is -0.395 e. The van der Waals surface area contributed by atoms with Gasteiger partial charge in [-0.2, -0.15) is 0 Å². The average Bonchev–Trinajstić information content (AvgIpc) is 2.63. The summed E-state index contributed by atoms with van der Waals surface area (Å²) in [6.07, 6.45) is 1.63. The number of aliphatic hydroxyl groups excluding tert-OH is 2. The van der Waals surface area contributed by atoms with Gasteiger partial charge in [0.15, 0.2) is 0 Å². The van der Waals surface area contributed by atoms with Crippen molar-refractivity contribution in [3.05, 3.63) is 71.8 Å². The number of hydrogen-bond donors (Lipinski definition) is 4. The third kappa shape index (κ3) is 9.99. The molecule has 2 rings (SSSR count). The SMILES string of the molecule is CC(C)N[C@H](CO)Cc1ccccc1.N[C@H](CO)Cc1ccccc1. The van der Waals surface area contributed by atoms with Gasteiger partial charge in [0, 0.05) is 18.1 Å².